The molecule has 0 aliphatic carbocycles. The van der Waals surface area contributed by atoms with Gasteiger partial charge in [0.05, 0.1) is 22.8 Å². The standard InChI is InChI=1S/C17H21N3O/c1-2-6-15-14(5-1)18-13-16(19-15)20-10-8-17(9-11-20)7-3-4-12-21-17/h1-2,5-6,13H,3-4,7-12H2. The highest BCUT2D eigenvalue weighted by Crippen LogP contribution is 2.35. The third-order valence-electron chi connectivity index (χ3n) is 4.87. The lowest BCUT2D eigenvalue weighted by Crippen LogP contribution is -2.48. The molecule has 0 bridgehead atoms. The molecular formula is C17H21N3O. The van der Waals surface area contributed by atoms with E-state index >= 15 is 0 Å². The number of rotatable bonds is 1. The summed E-state index contributed by atoms with van der Waals surface area (Å²) in [6.45, 7) is 2.98. The predicted octanol–water partition coefficient (Wildman–Crippen LogP) is 3.17. The first-order valence-electron chi connectivity index (χ1n) is 7.95. The lowest BCUT2D eigenvalue weighted by molar-refractivity contribution is -0.0921. The molecule has 0 atom stereocenters. The van der Waals surface area contributed by atoms with Crippen LogP contribution in [0.4, 0.5) is 5.82 Å². The van der Waals surface area contributed by atoms with Crippen molar-refractivity contribution in [3.63, 3.8) is 0 Å². The fraction of sp³-hybridized carbons (Fsp3) is 0.529. The maximum atomic E-state index is 6.10. The molecule has 1 spiro atoms. The van der Waals surface area contributed by atoms with Gasteiger partial charge in [0, 0.05) is 19.7 Å². The van der Waals surface area contributed by atoms with Crippen molar-refractivity contribution in [2.45, 2.75) is 37.7 Å². The minimum absolute atomic E-state index is 0.152. The third kappa shape index (κ3) is 2.48. The quantitative estimate of drug-likeness (QED) is 0.805. The smallest absolute Gasteiger partial charge is 0.147 e. The van der Waals surface area contributed by atoms with E-state index in [-0.39, 0.29) is 5.60 Å². The normalized spacial score (nSPS) is 21.8. The van der Waals surface area contributed by atoms with Gasteiger partial charge in [0.15, 0.2) is 0 Å². The summed E-state index contributed by atoms with van der Waals surface area (Å²) in [6, 6.07) is 8.05. The van der Waals surface area contributed by atoms with Crippen molar-refractivity contribution in [1.29, 1.82) is 0 Å². The number of piperidine rings is 1. The molecule has 2 aliphatic heterocycles. The number of hydrogen-bond acceptors (Lipinski definition) is 4. The van der Waals surface area contributed by atoms with Crippen LogP contribution < -0.4 is 4.90 Å². The average molecular weight is 283 g/mol. The highest BCUT2D eigenvalue weighted by molar-refractivity contribution is 5.75. The molecule has 0 saturated carbocycles. The van der Waals surface area contributed by atoms with Crippen LogP contribution in [-0.4, -0.2) is 35.3 Å². The van der Waals surface area contributed by atoms with Gasteiger partial charge >= 0.3 is 0 Å². The van der Waals surface area contributed by atoms with Crippen molar-refractivity contribution < 1.29 is 4.74 Å². The van der Waals surface area contributed by atoms with Gasteiger partial charge in [-0.3, -0.25) is 4.98 Å². The lowest BCUT2D eigenvalue weighted by Gasteiger charge is -2.44. The number of benzene rings is 1. The Labute approximate surface area is 125 Å². The second-order valence-corrected chi connectivity index (χ2v) is 6.19. The fourth-order valence-corrected chi connectivity index (χ4v) is 3.55. The molecule has 1 aromatic carbocycles. The van der Waals surface area contributed by atoms with Gasteiger partial charge in [0.1, 0.15) is 5.82 Å². The van der Waals surface area contributed by atoms with Gasteiger partial charge in [-0.2, -0.15) is 0 Å². The largest absolute Gasteiger partial charge is 0.375 e. The molecule has 2 aliphatic rings. The van der Waals surface area contributed by atoms with Crippen molar-refractivity contribution in [3.8, 4) is 0 Å². The second kappa shape index (κ2) is 5.26. The lowest BCUT2D eigenvalue weighted by atomic mass is 9.84. The molecule has 2 fully saturated rings. The number of anilines is 1. The van der Waals surface area contributed by atoms with Gasteiger partial charge in [-0.05, 0) is 44.2 Å². The van der Waals surface area contributed by atoms with Crippen LogP contribution in [0.15, 0.2) is 30.5 Å². The molecule has 1 aromatic heterocycles. The average Bonchev–Trinajstić information content (AvgIpc) is 2.56. The molecule has 0 N–H and O–H groups in total. The van der Waals surface area contributed by atoms with Crippen LogP contribution in [0, 0.1) is 0 Å². The molecule has 0 amide bonds. The van der Waals surface area contributed by atoms with Crippen molar-refractivity contribution in [1.82, 2.24) is 9.97 Å². The topological polar surface area (TPSA) is 38.2 Å². The van der Waals surface area contributed by atoms with Crippen LogP contribution >= 0.6 is 0 Å². The molecule has 3 heterocycles. The minimum Gasteiger partial charge on any atom is -0.375 e. The molecule has 0 unspecified atom stereocenters. The van der Waals surface area contributed by atoms with Gasteiger partial charge < -0.3 is 9.64 Å². The number of hydrogen-bond donors (Lipinski definition) is 0. The Morgan fingerprint density at radius 1 is 1.00 bits per heavy atom. The Hall–Kier alpha value is -1.68. The van der Waals surface area contributed by atoms with Gasteiger partial charge in [0.25, 0.3) is 0 Å². The molecule has 2 saturated heterocycles. The summed E-state index contributed by atoms with van der Waals surface area (Å²) in [5, 5.41) is 0. The van der Waals surface area contributed by atoms with E-state index in [9.17, 15) is 0 Å². The van der Waals surface area contributed by atoms with E-state index < -0.39 is 0 Å². The zero-order chi connectivity index (χ0) is 14.1. The van der Waals surface area contributed by atoms with E-state index in [0.29, 0.717) is 0 Å². The molecular weight excluding hydrogens is 262 g/mol. The zero-order valence-electron chi connectivity index (χ0n) is 12.3. The Kier molecular flexibility index (Phi) is 3.26. The SMILES string of the molecule is c1ccc2nc(N3CCC4(CCCCO4)CC3)cnc2c1. The predicted molar refractivity (Wildman–Crippen MR) is 83.5 cm³/mol. The maximum Gasteiger partial charge on any atom is 0.147 e. The van der Waals surface area contributed by atoms with E-state index in [0.717, 1.165) is 49.4 Å². The van der Waals surface area contributed by atoms with E-state index in [1.165, 1.54) is 19.3 Å². The van der Waals surface area contributed by atoms with Crippen molar-refractivity contribution >= 4 is 16.9 Å². The van der Waals surface area contributed by atoms with Crippen LogP contribution in [-0.2, 0) is 4.74 Å². The minimum atomic E-state index is 0.152. The van der Waals surface area contributed by atoms with Gasteiger partial charge in [0.2, 0.25) is 0 Å². The highest BCUT2D eigenvalue weighted by atomic mass is 16.5. The zero-order valence-corrected chi connectivity index (χ0v) is 12.3. The van der Waals surface area contributed by atoms with Crippen LogP contribution in [0.5, 0.6) is 0 Å². The summed E-state index contributed by atoms with van der Waals surface area (Å²) >= 11 is 0. The molecule has 21 heavy (non-hydrogen) atoms. The Morgan fingerprint density at radius 3 is 2.57 bits per heavy atom. The number of fused-ring (bicyclic) bond motifs is 1. The number of ether oxygens (including phenoxy) is 1. The molecule has 4 heteroatoms. The van der Waals surface area contributed by atoms with Crippen molar-refractivity contribution in [2.24, 2.45) is 0 Å². The van der Waals surface area contributed by atoms with E-state index in [4.69, 9.17) is 9.72 Å². The maximum absolute atomic E-state index is 6.10. The first kappa shape index (κ1) is 13.0. The Bertz CT molecular complexity index is 627. The summed E-state index contributed by atoms with van der Waals surface area (Å²) in [4.78, 5) is 11.6. The van der Waals surface area contributed by atoms with Crippen LogP contribution in [0.25, 0.3) is 11.0 Å². The molecule has 4 nitrogen and oxygen atoms in total. The first-order valence-corrected chi connectivity index (χ1v) is 7.95. The van der Waals surface area contributed by atoms with Gasteiger partial charge in [-0.15, -0.1) is 0 Å². The monoisotopic (exact) mass is 283 g/mol. The first-order chi connectivity index (χ1) is 10.3. The van der Waals surface area contributed by atoms with E-state index in [2.05, 4.69) is 9.88 Å². The number of nitrogens with zero attached hydrogens (tertiary/aromatic N) is 3. The molecule has 4 rings (SSSR count). The number of para-hydroxylation sites is 2. The Morgan fingerprint density at radius 2 is 1.81 bits per heavy atom. The van der Waals surface area contributed by atoms with Gasteiger partial charge in [-0.25, -0.2) is 4.98 Å². The number of aromatic nitrogens is 2. The van der Waals surface area contributed by atoms with Crippen molar-refractivity contribution in [3.05, 3.63) is 30.5 Å². The van der Waals surface area contributed by atoms with E-state index in [1.807, 2.05) is 30.5 Å². The molecule has 110 valence electrons. The van der Waals surface area contributed by atoms with Crippen molar-refractivity contribution in [2.75, 3.05) is 24.6 Å². The summed E-state index contributed by atoms with van der Waals surface area (Å²) in [7, 11) is 0. The molecule has 0 radical (unpaired) electrons. The summed E-state index contributed by atoms with van der Waals surface area (Å²) < 4.78 is 6.10. The Balaban J connectivity index is 1.51. The van der Waals surface area contributed by atoms with Crippen LogP contribution in [0.2, 0.25) is 0 Å². The second-order valence-electron chi connectivity index (χ2n) is 6.19. The van der Waals surface area contributed by atoms with Gasteiger partial charge in [-0.1, -0.05) is 12.1 Å². The van der Waals surface area contributed by atoms with E-state index in [1.54, 1.807) is 0 Å². The summed E-state index contributed by atoms with van der Waals surface area (Å²) in [5.74, 6) is 0.999. The summed E-state index contributed by atoms with van der Waals surface area (Å²) in [6.07, 6.45) is 7.90. The van der Waals surface area contributed by atoms with Crippen LogP contribution in [0.1, 0.15) is 32.1 Å². The molecule has 2 aromatic rings. The third-order valence-corrected chi connectivity index (χ3v) is 4.87. The highest BCUT2D eigenvalue weighted by Gasteiger charge is 2.37. The summed E-state index contributed by atoms with van der Waals surface area (Å²) in [5.41, 5.74) is 2.09. The van der Waals surface area contributed by atoms with Crippen LogP contribution in [0.3, 0.4) is 0 Å². The fourth-order valence-electron chi connectivity index (χ4n) is 3.55.